The Morgan fingerprint density at radius 3 is 3.00 bits per heavy atom. The summed E-state index contributed by atoms with van der Waals surface area (Å²) in [5, 5.41) is 1.04. The molecule has 0 fully saturated rings. The number of hydrogen-bond donors (Lipinski definition) is 1. The minimum Gasteiger partial charge on any atom is -0.477 e. The molecule has 2 heterocycles. The molecule has 0 bridgehead atoms. The molecule has 0 atom stereocenters. The maximum absolute atomic E-state index is 5.85. The van der Waals surface area contributed by atoms with Crippen LogP contribution in [0.1, 0.15) is 38.7 Å². The Morgan fingerprint density at radius 1 is 1.35 bits per heavy atom. The van der Waals surface area contributed by atoms with Gasteiger partial charge in [-0.1, -0.05) is 25.5 Å². The summed E-state index contributed by atoms with van der Waals surface area (Å²) in [5.41, 5.74) is 3.63. The molecule has 0 saturated carbocycles. The third-order valence-corrected chi connectivity index (χ3v) is 3.62. The molecule has 0 amide bonds. The van der Waals surface area contributed by atoms with E-state index in [0.717, 1.165) is 17.5 Å². The van der Waals surface area contributed by atoms with Gasteiger partial charge in [-0.25, -0.2) is 9.97 Å². The fraction of sp³-hybridized carbons (Fsp3) is 0.500. The summed E-state index contributed by atoms with van der Waals surface area (Å²) in [6.45, 7) is 4.96. The highest BCUT2D eigenvalue weighted by Crippen LogP contribution is 2.29. The first-order chi connectivity index (χ1) is 9.74. The van der Waals surface area contributed by atoms with Crippen molar-refractivity contribution in [2.75, 3.05) is 6.61 Å². The van der Waals surface area contributed by atoms with Gasteiger partial charge in [0.15, 0.2) is 0 Å². The van der Waals surface area contributed by atoms with E-state index < -0.39 is 0 Å². The van der Waals surface area contributed by atoms with Gasteiger partial charge in [0.05, 0.1) is 12.0 Å². The Morgan fingerprint density at radius 2 is 2.25 bits per heavy atom. The smallest absolute Gasteiger partial charge is 0.226 e. The first-order valence-corrected chi connectivity index (χ1v) is 7.35. The number of H-pyrrole nitrogens is 1. The molecule has 0 aromatic carbocycles. The number of aromatic amines is 1. The van der Waals surface area contributed by atoms with Crippen LogP contribution in [-0.2, 0) is 6.42 Å². The van der Waals surface area contributed by atoms with Gasteiger partial charge in [-0.2, -0.15) is 0 Å². The number of rotatable bonds is 5. The topological polar surface area (TPSA) is 50.8 Å². The Bertz CT molecular complexity index is 628. The van der Waals surface area contributed by atoms with Crippen LogP contribution in [0.3, 0.4) is 0 Å². The van der Waals surface area contributed by atoms with E-state index in [4.69, 9.17) is 4.74 Å². The summed E-state index contributed by atoms with van der Waals surface area (Å²) in [6.07, 6.45) is 10.6. The monoisotopic (exact) mass is 271 g/mol. The van der Waals surface area contributed by atoms with Crippen LogP contribution in [0.25, 0.3) is 11.0 Å². The zero-order chi connectivity index (χ0) is 13.9. The Labute approximate surface area is 119 Å². The highest BCUT2D eigenvalue weighted by Gasteiger charge is 2.15. The van der Waals surface area contributed by atoms with Crippen LogP contribution >= 0.6 is 0 Å². The van der Waals surface area contributed by atoms with Crippen molar-refractivity contribution >= 4 is 11.0 Å². The van der Waals surface area contributed by atoms with Crippen LogP contribution in [0.15, 0.2) is 24.2 Å². The van der Waals surface area contributed by atoms with E-state index in [-0.39, 0.29) is 0 Å². The first-order valence-electron chi connectivity index (χ1n) is 7.35. The van der Waals surface area contributed by atoms with Gasteiger partial charge in [-0.15, -0.1) is 0 Å². The Balaban J connectivity index is 1.91. The van der Waals surface area contributed by atoms with Gasteiger partial charge >= 0.3 is 0 Å². The number of fused-ring (bicyclic) bond motifs is 1. The van der Waals surface area contributed by atoms with Crippen molar-refractivity contribution in [3.05, 3.63) is 29.7 Å². The number of nitrogens with zero attached hydrogens (tertiary/aromatic N) is 2. The highest BCUT2D eigenvalue weighted by atomic mass is 16.5. The molecular weight excluding hydrogens is 250 g/mol. The predicted molar refractivity (Wildman–Crippen MR) is 79.9 cm³/mol. The molecule has 3 rings (SSSR count). The SMILES string of the molecule is CC(C)COc1ncnc2[nH]cc(CC3=CCCC3)c12. The second-order valence-electron chi connectivity index (χ2n) is 5.85. The lowest BCUT2D eigenvalue weighted by Gasteiger charge is -2.09. The lowest BCUT2D eigenvalue weighted by Crippen LogP contribution is -2.06. The molecule has 1 N–H and O–H groups in total. The molecule has 4 nitrogen and oxygen atoms in total. The zero-order valence-corrected chi connectivity index (χ0v) is 12.1. The normalized spacial score (nSPS) is 15.1. The summed E-state index contributed by atoms with van der Waals surface area (Å²) < 4.78 is 5.85. The molecule has 1 aliphatic carbocycles. The number of nitrogens with one attached hydrogen (secondary N) is 1. The number of aromatic nitrogens is 3. The summed E-state index contributed by atoms with van der Waals surface area (Å²) in [5.74, 6) is 1.19. The van der Waals surface area contributed by atoms with Crippen molar-refractivity contribution < 1.29 is 4.74 Å². The molecule has 0 saturated heterocycles. The summed E-state index contributed by atoms with van der Waals surface area (Å²) in [4.78, 5) is 11.8. The summed E-state index contributed by atoms with van der Waals surface area (Å²) in [7, 11) is 0. The van der Waals surface area contributed by atoms with Gasteiger partial charge in [-0.05, 0) is 37.2 Å². The maximum Gasteiger partial charge on any atom is 0.226 e. The zero-order valence-electron chi connectivity index (χ0n) is 12.1. The molecule has 0 aliphatic heterocycles. The molecule has 106 valence electrons. The fourth-order valence-electron chi connectivity index (χ4n) is 2.63. The van der Waals surface area contributed by atoms with Gasteiger partial charge in [-0.3, -0.25) is 0 Å². The quantitative estimate of drug-likeness (QED) is 0.845. The largest absolute Gasteiger partial charge is 0.477 e. The molecule has 1 aliphatic rings. The molecule has 2 aromatic heterocycles. The molecule has 0 spiro atoms. The molecule has 20 heavy (non-hydrogen) atoms. The van der Waals surface area contributed by atoms with Crippen molar-refractivity contribution in [1.29, 1.82) is 0 Å². The minimum absolute atomic E-state index is 0.486. The van der Waals surface area contributed by atoms with Crippen LogP contribution in [0.5, 0.6) is 5.88 Å². The lowest BCUT2D eigenvalue weighted by atomic mass is 10.1. The maximum atomic E-state index is 5.85. The Hall–Kier alpha value is -1.84. The lowest BCUT2D eigenvalue weighted by molar-refractivity contribution is 0.264. The van der Waals surface area contributed by atoms with E-state index in [9.17, 15) is 0 Å². The summed E-state index contributed by atoms with van der Waals surface area (Å²) in [6, 6.07) is 0. The second-order valence-corrected chi connectivity index (χ2v) is 5.85. The van der Waals surface area contributed by atoms with Crippen LogP contribution in [0, 0.1) is 5.92 Å². The van der Waals surface area contributed by atoms with Gasteiger partial charge < -0.3 is 9.72 Å². The summed E-state index contributed by atoms with van der Waals surface area (Å²) >= 11 is 0. The van der Waals surface area contributed by atoms with Crippen LogP contribution in [0.2, 0.25) is 0 Å². The standard InChI is InChI=1S/C16H21N3O/c1-11(2)9-20-16-14-13(7-12-5-3-4-6-12)8-17-15(14)18-10-19-16/h5,8,10-11H,3-4,6-7,9H2,1-2H3,(H,17,18,19). The van der Waals surface area contributed by atoms with Gasteiger partial charge in [0.2, 0.25) is 5.88 Å². The highest BCUT2D eigenvalue weighted by molar-refractivity contribution is 5.85. The Kier molecular flexibility index (Phi) is 3.72. The number of ether oxygens (including phenoxy) is 1. The first kappa shape index (κ1) is 13.2. The van der Waals surface area contributed by atoms with Gasteiger partial charge in [0, 0.05) is 6.20 Å². The molecule has 0 unspecified atom stereocenters. The van der Waals surface area contributed by atoms with Crippen molar-refractivity contribution in [1.82, 2.24) is 15.0 Å². The second kappa shape index (κ2) is 5.65. The van der Waals surface area contributed by atoms with E-state index in [0.29, 0.717) is 18.4 Å². The third kappa shape index (κ3) is 2.69. The van der Waals surface area contributed by atoms with Crippen molar-refractivity contribution in [2.45, 2.75) is 39.5 Å². The van der Waals surface area contributed by atoms with Crippen molar-refractivity contribution in [3.8, 4) is 5.88 Å². The minimum atomic E-state index is 0.486. The van der Waals surface area contributed by atoms with E-state index >= 15 is 0 Å². The average molecular weight is 271 g/mol. The molecule has 0 radical (unpaired) electrons. The van der Waals surface area contributed by atoms with Gasteiger partial charge in [0.25, 0.3) is 0 Å². The molecule has 2 aromatic rings. The third-order valence-electron chi connectivity index (χ3n) is 3.62. The predicted octanol–water partition coefficient (Wildman–Crippen LogP) is 3.65. The molecular formula is C16H21N3O. The fourth-order valence-corrected chi connectivity index (χ4v) is 2.63. The van der Waals surface area contributed by atoms with E-state index in [1.807, 2.05) is 6.20 Å². The average Bonchev–Trinajstić information content (AvgIpc) is 3.07. The number of hydrogen-bond acceptors (Lipinski definition) is 3. The van der Waals surface area contributed by atoms with E-state index in [1.165, 1.54) is 30.4 Å². The van der Waals surface area contributed by atoms with E-state index in [2.05, 4.69) is 34.9 Å². The van der Waals surface area contributed by atoms with Crippen LogP contribution in [-0.4, -0.2) is 21.6 Å². The van der Waals surface area contributed by atoms with E-state index in [1.54, 1.807) is 6.33 Å². The van der Waals surface area contributed by atoms with Gasteiger partial charge in [0.1, 0.15) is 12.0 Å². The molecule has 4 heteroatoms. The number of allylic oxidation sites excluding steroid dienone is 2. The van der Waals surface area contributed by atoms with Crippen LogP contribution < -0.4 is 4.74 Å². The van der Waals surface area contributed by atoms with Crippen LogP contribution in [0.4, 0.5) is 0 Å². The van der Waals surface area contributed by atoms with Crippen molar-refractivity contribution in [2.24, 2.45) is 5.92 Å². The van der Waals surface area contributed by atoms with Crippen molar-refractivity contribution in [3.63, 3.8) is 0 Å².